The van der Waals surface area contributed by atoms with Gasteiger partial charge in [0.15, 0.2) is 0 Å². The lowest BCUT2D eigenvalue weighted by atomic mass is 9.93. The molecule has 1 saturated heterocycles. The van der Waals surface area contributed by atoms with Crippen LogP contribution in [0.4, 0.5) is 0 Å². The van der Waals surface area contributed by atoms with Crippen LogP contribution in [0.5, 0.6) is 0 Å². The van der Waals surface area contributed by atoms with Crippen molar-refractivity contribution in [1.82, 2.24) is 5.32 Å². The van der Waals surface area contributed by atoms with Crippen LogP contribution in [0.25, 0.3) is 0 Å². The summed E-state index contributed by atoms with van der Waals surface area (Å²) in [6.45, 7) is 6.32. The van der Waals surface area contributed by atoms with Gasteiger partial charge in [0.05, 0.1) is 6.61 Å². The van der Waals surface area contributed by atoms with Crippen molar-refractivity contribution < 1.29 is 9.84 Å². The lowest BCUT2D eigenvalue weighted by Crippen LogP contribution is -2.51. The van der Waals surface area contributed by atoms with Crippen LogP contribution in [0, 0.1) is 0 Å². The normalized spacial score (nSPS) is 27.2. The number of aliphatic hydroxyl groups is 1. The van der Waals surface area contributed by atoms with Crippen LogP contribution in [0.15, 0.2) is 0 Å². The second-order valence-electron chi connectivity index (χ2n) is 4.45. The zero-order chi connectivity index (χ0) is 10.4. The third-order valence-corrected chi connectivity index (χ3v) is 3.16. The Balaban J connectivity index is 2.37. The van der Waals surface area contributed by atoms with Crippen molar-refractivity contribution in [2.45, 2.75) is 51.1 Å². The number of hydrogen-bond donors (Lipinski definition) is 2. The highest BCUT2D eigenvalue weighted by atomic mass is 16.5. The highest BCUT2D eigenvalue weighted by Crippen LogP contribution is 2.17. The number of aliphatic hydroxyl groups excluding tert-OH is 1. The Kier molecular flexibility index (Phi) is 4.85. The van der Waals surface area contributed by atoms with Crippen LogP contribution >= 0.6 is 0 Å². The average molecular weight is 201 g/mol. The molecule has 0 radical (unpaired) electrons. The van der Waals surface area contributed by atoms with Gasteiger partial charge < -0.3 is 15.2 Å². The lowest BCUT2D eigenvalue weighted by Gasteiger charge is -2.35. The van der Waals surface area contributed by atoms with Crippen molar-refractivity contribution in [3.63, 3.8) is 0 Å². The van der Waals surface area contributed by atoms with Crippen molar-refractivity contribution in [3.8, 4) is 0 Å². The highest BCUT2D eigenvalue weighted by Gasteiger charge is 2.25. The van der Waals surface area contributed by atoms with Gasteiger partial charge in [0.25, 0.3) is 0 Å². The molecule has 3 heteroatoms. The number of nitrogens with one attached hydrogen (secondary N) is 1. The van der Waals surface area contributed by atoms with E-state index in [1.54, 1.807) is 0 Å². The van der Waals surface area contributed by atoms with Gasteiger partial charge >= 0.3 is 0 Å². The number of rotatable bonds is 5. The molecule has 0 aromatic heterocycles. The first-order chi connectivity index (χ1) is 6.70. The Morgan fingerprint density at radius 2 is 2.36 bits per heavy atom. The summed E-state index contributed by atoms with van der Waals surface area (Å²) < 4.78 is 5.43. The van der Waals surface area contributed by atoms with Gasteiger partial charge in [-0.3, -0.25) is 0 Å². The molecule has 0 aromatic rings. The van der Waals surface area contributed by atoms with Gasteiger partial charge in [0.2, 0.25) is 0 Å². The van der Waals surface area contributed by atoms with E-state index in [4.69, 9.17) is 9.84 Å². The van der Waals surface area contributed by atoms with Crippen molar-refractivity contribution in [2.75, 3.05) is 19.8 Å². The minimum absolute atomic E-state index is 0.0696. The van der Waals surface area contributed by atoms with Gasteiger partial charge in [-0.1, -0.05) is 6.92 Å². The number of ether oxygens (including phenoxy) is 1. The summed E-state index contributed by atoms with van der Waals surface area (Å²) in [4.78, 5) is 0. The molecule has 0 saturated carbocycles. The van der Waals surface area contributed by atoms with Crippen LogP contribution in [0.2, 0.25) is 0 Å². The van der Waals surface area contributed by atoms with Crippen LogP contribution in [0.3, 0.4) is 0 Å². The van der Waals surface area contributed by atoms with Crippen LogP contribution in [-0.4, -0.2) is 36.5 Å². The SMILES string of the molecule is CCC(C)(CCO)NC1CCCOC1. The summed E-state index contributed by atoms with van der Waals surface area (Å²) >= 11 is 0. The third-order valence-electron chi connectivity index (χ3n) is 3.16. The molecular weight excluding hydrogens is 178 g/mol. The quantitative estimate of drug-likeness (QED) is 0.704. The first-order valence-electron chi connectivity index (χ1n) is 5.66. The smallest absolute Gasteiger partial charge is 0.0619 e. The zero-order valence-electron chi connectivity index (χ0n) is 9.38. The van der Waals surface area contributed by atoms with E-state index in [0.29, 0.717) is 6.04 Å². The van der Waals surface area contributed by atoms with Crippen molar-refractivity contribution in [1.29, 1.82) is 0 Å². The second kappa shape index (κ2) is 5.69. The van der Waals surface area contributed by atoms with Crippen LogP contribution < -0.4 is 5.32 Å². The molecule has 2 atom stereocenters. The molecule has 1 aliphatic rings. The minimum Gasteiger partial charge on any atom is -0.396 e. The van der Waals surface area contributed by atoms with E-state index in [9.17, 15) is 0 Å². The maximum atomic E-state index is 8.99. The Labute approximate surface area is 86.8 Å². The molecule has 1 aliphatic heterocycles. The van der Waals surface area contributed by atoms with Gasteiger partial charge in [0.1, 0.15) is 0 Å². The molecule has 0 amide bonds. The molecule has 0 aliphatic carbocycles. The first-order valence-corrected chi connectivity index (χ1v) is 5.66. The molecular formula is C11H23NO2. The molecule has 1 heterocycles. The van der Waals surface area contributed by atoms with Gasteiger partial charge in [0, 0.05) is 24.8 Å². The van der Waals surface area contributed by atoms with E-state index in [1.807, 2.05) is 0 Å². The molecule has 84 valence electrons. The summed E-state index contributed by atoms with van der Waals surface area (Å²) in [6, 6.07) is 0.472. The van der Waals surface area contributed by atoms with Crippen molar-refractivity contribution >= 4 is 0 Å². The van der Waals surface area contributed by atoms with E-state index in [2.05, 4.69) is 19.2 Å². The summed E-state index contributed by atoms with van der Waals surface area (Å²) in [5.41, 5.74) is 0.0696. The Morgan fingerprint density at radius 1 is 1.57 bits per heavy atom. The summed E-state index contributed by atoms with van der Waals surface area (Å²) in [7, 11) is 0. The minimum atomic E-state index is 0.0696. The van der Waals surface area contributed by atoms with Crippen LogP contribution in [0.1, 0.15) is 39.5 Å². The van der Waals surface area contributed by atoms with Gasteiger partial charge in [-0.2, -0.15) is 0 Å². The molecule has 2 N–H and O–H groups in total. The molecule has 3 nitrogen and oxygen atoms in total. The molecule has 1 fully saturated rings. The fourth-order valence-corrected chi connectivity index (χ4v) is 1.95. The average Bonchev–Trinajstić information content (AvgIpc) is 2.20. The molecule has 0 aromatic carbocycles. The van der Waals surface area contributed by atoms with Gasteiger partial charge in [-0.15, -0.1) is 0 Å². The van der Waals surface area contributed by atoms with E-state index >= 15 is 0 Å². The fourth-order valence-electron chi connectivity index (χ4n) is 1.95. The summed E-state index contributed by atoms with van der Waals surface area (Å²) in [5.74, 6) is 0. The van der Waals surface area contributed by atoms with E-state index in [0.717, 1.165) is 32.5 Å². The first kappa shape index (κ1) is 12.0. The lowest BCUT2D eigenvalue weighted by molar-refractivity contribution is 0.0547. The van der Waals surface area contributed by atoms with E-state index < -0.39 is 0 Å². The van der Waals surface area contributed by atoms with Crippen LogP contribution in [-0.2, 0) is 4.74 Å². The fraction of sp³-hybridized carbons (Fsp3) is 1.00. The van der Waals surface area contributed by atoms with Crippen molar-refractivity contribution in [2.24, 2.45) is 0 Å². The molecule has 2 unspecified atom stereocenters. The number of hydrogen-bond acceptors (Lipinski definition) is 3. The zero-order valence-corrected chi connectivity index (χ0v) is 9.38. The predicted octanol–water partition coefficient (Wildman–Crippen LogP) is 1.31. The Bertz CT molecular complexity index is 157. The third kappa shape index (κ3) is 3.56. The molecule has 1 rings (SSSR count). The predicted molar refractivity (Wildman–Crippen MR) is 57.4 cm³/mol. The Morgan fingerprint density at radius 3 is 2.86 bits per heavy atom. The monoisotopic (exact) mass is 201 g/mol. The second-order valence-corrected chi connectivity index (χ2v) is 4.45. The summed E-state index contributed by atoms with van der Waals surface area (Å²) in [5, 5.41) is 12.6. The van der Waals surface area contributed by atoms with Crippen molar-refractivity contribution in [3.05, 3.63) is 0 Å². The highest BCUT2D eigenvalue weighted by molar-refractivity contribution is 4.86. The molecule has 14 heavy (non-hydrogen) atoms. The largest absolute Gasteiger partial charge is 0.396 e. The molecule has 0 spiro atoms. The molecule has 0 bridgehead atoms. The standard InChI is InChI=1S/C11H23NO2/c1-3-11(2,6-7-13)12-10-5-4-8-14-9-10/h10,12-13H,3-9H2,1-2H3. The maximum absolute atomic E-state index is 8.99. The topological polar surface area (TPSA) is 41.5 Å². The summed E-state index contributed by atoms with van der Waals surface area (Å²) in [6.07, 6.45) is 4.21. The maximum Gasteiger partial charge on any atom is 0.0619 e. The van der Waals surface area contributed by atoms with E-state index in [-0.39, 0.29) is 12.1 Å². The van der Waals surface area contributed by atoms with Gasteiger partial charge in [-0.25, -0.2) is 0 Å². The Hall–Kier alpha value is -0.120. The van der Waals surface area contributed by atoms with E-state index in [1.165, 1.54) is 6.42 Å². The van der Waals surface area contributed by atoms with Gasteiger partial charge in [-0.05, 0) is 32.6 Å².